The first kappa shape index (κ1) is 7.85. The molecule has 3 N–H and O–H groups in total. The minimum Gasteiger partial charge on any atom is -0.382 e. The highest BCUT2D eigenvalue weighted by Gasteiger charge is 1.98. The molecule has 1 rings (SSSR count). The van der Waals surface area contributed by atoms with E-state index in [-0.39, 0.29) is 0 Å². The summed E-state index contributed by atoms with van der Waals surface area (Å²) >= 11 is 0. The molecule has 0 saturated carbocycles. The summed E-state index contributed by atoms with van der Waals surface area (Å²) in [6.07, 6.45) is 1.68. The van der Waals surface area contributed by atoms with E-state index in [1.807, 2.05) is 12.1 Å². The Morgan fingerprint density at radius 1 is 1.55 bits per heavy atom. The Balaban J connectivity index is 2.78. The lowest BCUT2D eigenvalue weighted by atomic mass is 10.3. The summed E-state index contributed by atoms with van der Waals surface area (Å²) in [5.74, 6) is 0.557. The van der Waals surface area contributed by atoms with Crippen molar-refractivity contribution in [3.63, 3.8) is 0 Å². The molecule has 0 aliphatic carbocycles. The van der Waals surface area contributed by atoms with E-state index in [1.54, 1.807) is 6.20 Å². The third-order valence-corrected chi connectivity index (χ3v) is 1.28. The Morgan fingerprint density at radius 2 is 2.27 bits per heavy atom. The standard InChI is InChI=1S/C8H13N3/c1-6(2)11-7-4-3-5-10-8(7)9/h3-6,11H,1-2H3,(H2,9,10). The van der Waals surface area contributed by atoms with Crippen LogP contribution in [0.3, 0.4) is 0 Å². The van der Waals surface area contributed by atoms with Crippen molar-refractivity contribution in [2.45, 2.75) is 19.9 Å². The van der Waals surface area contributed by atoms with E-state index in [9.17, 15) is 0 Å². The number of pyridine rings is 1. The number of nitrogens with one attached hydrogen (secondary N) is 1. The Kier molecular flexibility index (Phi) is 2.31. The van der Waals surface area contributed by atoms with Crippen molar-refractivity contribution in [1.82, 2.24) is 4.98 Å². The van der Waals surface area contributed by atoms with Crippen LogP contribution in [0.2, 0.25) is 0 Å². The summed E-state index contributed by atoms with van der Waals surface area (Å²) < 4.78 is 0. The van der Waals surface area contributed by atoms with Crippen LogP contribution in [-0.4, -0.2) is 11.0 Å². The highest BCUT2D eigenvalue weighted by Crippen LogP contribution is 2.14. The molecule has 11 heavy (non-hydrogen) atoms. The maximum Gasteiger partial charge on any atom is 0.146 e. The van der Waals surface area contributed by atoms with Gasteiger partial charge in [0, 0.05) is 12.2 Å². The minimum atomic E-state index is 0.390. The maximum absolute atomic E-state index is 5.60. The second kappa shape index (κ2) is 3.23. The molecule has 60 valence electrons. The van der Waals surface area contributed by atoms with Crippen LogP contribution in [0.15, 0.2) is 18.3 Å². The number of nitrogens with two attached hydrogens (primary N) is 1. The lowest BCUT2D eigenvalue weighted by Crippen LogP contribution is -2.11. The zero-order chi connectivity index (χ0) is 8.27. The molecule has 3 heteroatoms. The molecule has 1 heterocycles. The van der Waals surface area contributed by atoms with Gasteiger partial charge in [-0.25, -0.2) is 4.98 Å². The highest BCUT2D eigenvalue weighted by atomic mass is 15.0. The zero-order valence-electron chi connectivity index (χ0n) is 6.83. The molecule has 0 unspecified atom stereocenters. The first-order chi connectivity index (χ1) is 5.20. The van der Waals surface area contributed by atoms with Crippen LogP contribution in [0.1, 0.15) is 13.8 Å². The SMILES string of the molecule is CC(C)Nc1cccnc1N. The Morgan fingerprint density at radius 3 is 2.82 bits per heavy atom. The predicted molar refractivity (Wildman–Crippen MR) is 47.4 cm³/mol. The number of nitrogen functional groups attached to an aromatic ring is 1. The molecule has 1 aromatic rings. The summed E-state index contributed by atoms with van der Waals surface area (Å²) in [7, 11) is 0. The number of aromatic nitrogens is 1. The number of hydrogen-bond donors (Lipinski definition) is 2. The summed E-state index contributed by atoms with van der Waals surface area (Å²) in [6.45, 7) is 4.12. The van der Waals surface area contributed by atoms with E-state index in [0.29, 0.717) is 11.9 Å². The second-order valence-electron chi connectivity index (χ2n) is 2.74. The Labute approximate surface area is 66.6 Å². The van der Waals surface area contributed by atoms with Gasteiger partial charge in [-0.1, -0.05) is 0 Å². The van der Waals surface area contributed by atoms with Crippen LogP contribution in [0.25, 0.3) is 0 Å². The lowest BCUT2D eigenvalue weighted by molar-refractivity contribution is 0.899. The maximum atomic E-state index is 5.60. The lowest BCUT2D eigenvalue weighted by Gasteiger charge is -2.10. The van der Waals surface area contributed by atoms with Gasteiger partial charge in [0.25, 0.3) is 0 Å². The predicted octanol–water partition coefficient (Wildman–Crippen LogP) is 1.48. The average molecular weight is 151 g/mol. The van der Waals surface area contributed by atoms with Gasteiger partial charge in [-0.2, -0.15) is 0 Å². The fraction of sp³-hybridized carbons (Fsp3) is 0.375. The van der Waals surface area contributed by atoms with Crippen molar-refractivity contribution in [2.75, 3.05) is 11.1 Å². The largest absolute Gasteiger partial charge is 0.382 e. The normalized spacial score (nSPS) is 10.1. The number of hydrogen-bond acceptors (Lipinski definition) is 3. The van der Waals surface area contributed by atoms with Gasteiger partial charge in [0.05, 0.1) is 5.69 Å². The second-order valence-corrected chi connectivity index (χ2v) is 2.74. The fourth-order valence-corrected chi connectivity index (χ4v) is 0.851. The molecule has 0 aliphatic heterocycles. The molecule has 0 aliphatic rings. The summed E-state index contributed by atoms with van der Waals surface area (Å²) in [6, 6.07) is 4.17. The molecular formula is C8H13N3. The van der Waals surface area contributed by atoms with Crippen molar-refractivity contribution in [1.29, 1.82) is 0 Å². The molecule has 0 atom stereocenters. The van der Waals surface area contributed by atoms with Gasteiger partial charge < -0.3 is 11.1 Å². The summed E-state index contributed by atoms with van der Waals surface area (Å²) in [5, 5.41) is 3.19. The van der Waals surface area contributed by atoms with Crippen LogP contribution in [0, 0.1) is 0 Å². The van der Waals surface area contributed by atoms with Gasteiger partial charge in [0.15, 0.2) is 0 Å². The van der Waals surface area contributed by atoms with Gasteiger partial charge in [-0.3, -0.25) is 0 Å². The monoisotopic (exact) mass is 151 g/mol. The van der Waals surface area contributed by atoms with Crippen molar-refractivity contribution < 1.29 is 0 Å². The van der Waals surface area contributed by atoms with Crippen LogP contribution in [-0.2, 0) is 0 Å². The Hall–Kier alpha value is -1.25. The van der Waals surface area contributed by atoms with E-state index in [0.717, 1.165) is 5.69 Å². The first-order valence-corrected chi connectivity index (χ1v) is 3.67. The van der Waals surface area contributed by atoms with Gasteiger partial charge in [0.2, 0.25) is 0 Å². The van der Waals surface area contributed by atoms with Crippen LogP contribution in [0.5, 0.6) is 0 Å². The van der Waals surface area contributed by atoms with E-state index >= 15 is 0 Å². The molecule has 0 fully saturated rings. The molecule has 0 spiro atoms. The Bertz CT molecular complexity index is 233. The molecule has 0 aromatic carbocycles. The topological polar surface area (TPSA) is 50.9 Å². The molecule has 0 amide bonds. The van der Waals surface area contributed by atoms with E-state index in [4.69, 9.17) is 5.73 Å². The van der Waals surface area contributed by atoms with Crippen LogP contribution < -0.4 is 11.1 Å². The minimum absolute atomic E-state index is 0.390. The van der Waals surface area contributed by atoms with E-state index < -0.39 is 0 Å². The van der Waals surface area contributed by atoms with Gasteiger partial charge >= 0.3 is 0 Å². The fourth-order valence-electron chi connectivity index (χ4n) is 0.851. The third kappa shape index (κ3) is 2.11. The first-order valence-electron chi connectivity index (χ1n) is 3.67. The molecular weight excluding hydrogens is 138 g/mol. The van der Waals surface area contributed by atoms with Crippen molar-refractivity contribution in [3.8, 4) is 0 Å². The average Bonchev–Trinajstić information content (AvgIpc) is 1.93. The van der Waals surface area contributed by atoms with E-state index in [1.165, 1.54) is 0 Å². The molecule has 0 bridgehead atoms. The molecule has 0 saturated heterocycles. The van der Waals surface area contributed by atoms with Gasteiger partial charge in [0.1, 0.15) is 5.82 Å². The highest BCUT2D eigenvalue weighted by molar-refractivity contribution is 5.61. The zero-order valence-corrected chi connectivity index (χ0v) is 6.83. The van der Waals surface area contributed by atoms with Crippen LogP contribution in [0.4, 0.5) is 11.5 Å². The van der Waals surface area contributed by atoms with E-state index in [2.05, 4.69) is 24.1 Å². The molecule has 0 radical (unpaired) electrons. The van der Waals surface area contributed by atoms with Crippen molar-refractivity contribution >= 4 is 11.5 Å². The van der Waals surface area contributed by atoms with Crippen molar-refractivity contribution in [2.24, 2.45) is 0 Å². The quantitative estimate of drug-likeness (QED) is 0.673. The smallest absolute Gasteiger partial charge is 0.146 e. The van der Waals surface area contributed by atoms with Crippen LogP contribution >= 0.6 is 0 Å². The summed E-state index contributed by atoms with van der Waals surface area (Å²) in [4.78, 5) is 3.95. The summed E-state index contributed by atoms with van der Waals surface area (Å²) in [5.41, 5.74) is 6.50. The molecule has 1 aromatic heterocycles. The number of rotatable bonds is 2. The number of nitrogens with zero attached hydrogens (tertiary/aromatic N) is 1. The third-order valence-electron chi connectivity index (χ3n) is 1.28. The van der Waals surface area contributed by atoms with Gasteiger partial charge in [-0.15, -0.1) is 0 Å². The van der Waals surface area contributed by atoms with Crippen molar-refractivity contribution in [3.05, 3.63) is 18.3 Å². The number of anilines is 2. The van der Waals surface area contributed by atoms with Gasteiger partial charge in [-0.05, 0) is 26.0 Å². The molecule has 3 nitrogen and oxygen atoms in total.